The van der Waals surface area contributed by atoms with Crippen LogP contribution in [0, 0.1) is 5.92 Å². The molecule has 4 heteroatoms. The van der Waals surface area contributed by atoms with Crippen LogP contribution in [0.5, 0.6) is 5.75 Å². The van der Waals surface area contributed by atoms with Gasteiger partial charge in [-0.15, -0.1) is 0 Å². The van der Waals surface area contributed by atoms with Gasteiger partial charge in [0.05, 0.1) is 18.8 Å². The lowest BCUT2D eigenvalue weighted by Gasteiger charge is -2.44. The Kier molecular flexibility index (Phi) is 6.74. The van der Waals surface area contributed by atoms with Gasteiger partial charge in [0.25, 0.3) is 0 Å². The Balaban J connectivity index is 1.44. The first kappa shape index (κ1) is 18.2. The van der Waals surface area contributed by atoms with Crippen molar-refractivity contribution < 1.29 is 14.3 Å². The normalized spacial score (nSPS) is 23.7. The molecule has 25 heavy (non-hydrogen) atoms. The molecule has 0 spiro atoms. The Hall–Kier alpha value is -1.55. The molecule has 0 aromatic heterocycles. The van der Waals surface area contributed by atoms with Crippen molar-refractivity contribution >= 4 is 5.97 Å². The van der Waals surface area contributed by atoms with Crippen LogP contribution in [0.15, 0.2) is 24.3 Å². The molecule has 0 radical (unpaired) electrons. The molecular formula is C21H31NO3. The van der Waals surface area contributed by atoms with Gasteiger partial charge in [-0.1, -0.05) is 13.3 Å². The first-order chi connectivity index (χ1) is 12.3. The van der Waals surface area contributed by atoms with E-state index in [1.807, 2.05) is 12.1 Å². The molecule has 2 aliphatic heterocycles. The maximum absolute atomic E-state index is 12.2. The summed E-state index contributed by atoms with van der Waals surface area (Å²) in [6.07, 6.45) is 8.54. The molecular weight excluding hydrogens is 314 g/mol. The van der Waals surface area contributed by atoms with E-state index in [0.717, 1.165) is 24.6 Å². The van der Waals surface area contributed by atoms with E-state index in [4.69, 9.17) is 9.47 Å². The smallest absolute Gasteiger partial charge is 0.338 e. The van der Waals surface area contributed by atoms with Crippen molar-refractivity contribution in [3.05, 3.63) is 29.8 Å². The van der Waals surface area contributed by atoms with Gasteiger partial charge in [-0.05, 0) is 81.8 Å². The molecule has 2 unspecified atom stereocenters. The van der Waals surface area contributed by atoms with Crippen LogP contribution in [-0.4, -0.2) is 43.2 Å². The molecule has 0 bridgehead atoms. The SMILES string of the molecule is CCCOc1ccc(C(=O)OCCC2CCCN3CCCCC23)cc1. The highest BCUT2D eigenvalue weighted by Gasteiger charge is 2.32. The molecule has 0 amide bonds. The van der Waals surface area contributed by atoms with Gasteiger partial charge >= 0.3 is 5.97 Å². The monoisotopic (exact) mass is 345 g/mol. The Labute approximate surface area is 151 Å². The second kappa shape index (κ2) is 9.23. The van der Waals surface area contributed by atoms with Crippen molar-refractivity contribution in [1.82, 2.24) is 4.90 Å². The molecule has 0 saturated carbocycles. The van der Waals surface area contributed by atoms with Crippen molar-refractivity contribution in [2.24, 2.45) is 5.92 Å². The largest absolute Gasteiger partial charge is 0.494 e. The third kappa shape index (κ3) is 4.97. The maximum Gasteiger partial charge on any atom is 0.338 e. The zero-order chi connectivity index (χ0) is 17.5. The Bertz CT molecular complexity index is 541. The number of hydrogen-bond acceptors (Lipinski definition) is 4. The lowest BCUT2D eigenvalue weighted by atomic mass is 9.82. The molecule has 1 aromatic carbocycles. The van der Waals surface area contributed by atoms with Gasteiger partial charge in [0.15, 0.2) is 0 Å². The number of fused-ring (bicyclic) bond motifs is 1. The zero-order valence-electron chi connectivity index (χ0n) is 15.4. The van der Waals surface area contributed by atoms with E-state index in [2.05, 4.69) is 11.8 Å². The van der Waals surface area contributed by atoms with E-state index in [9.17, 15) is 4.79 Å². The highest BCUT2D eigenvalue weighted by Crippen LogP contribution is 2.32. The summed E-state index contributed by atoms with van der Waals surface area (Å²) >= 11 is 0. The molecule has 2 heterocycles. The number of benzene rings is 1. The molecule has 2 fully saturated rings. The van der Waals surface area contributed by atoms with Gasteiger partial charge in [0.1, 0.15) is 5.75 Å². The summed E-state index contributed by atoms with van der Waals surface area (Å²) in [4.78, 5) is 14.9. The highest BCUT2D eigenvalue weighted by molar-refractivity contribution is 5.89. The van der Waals surface area contributed by atoms with Crippen LogP contribution in [0.1, 0.15) is 62.2 Å². The van der Waals surface area contributed by atoms with Crippen LogP contribution in [0.25, 0.3) is 0 Å². The molecule has 0 aliphatic carbocycles. The number of rotatable bonds is 7. The van der Waals surface area contributed by atoms with Crippen LogP contribution < -0.4 is 4.74 Å². The highest BCUT2D eigenvalue weighted by atomic mass is 16.5. The topological polar surface area (TPSA) is 38.8 Å². The molecule has 0 N–H and O–H groups in total. The van der Waals surface area contributed by atoms with Gasteiger partial charge in [0.2, 0.25) is 0 Å². The summed E-state index contributed by atoms with van der Waals surface area (Å²) in [5, 5.41) is 0. The summed E-state index contributed by atoms with van der Waals surface area (Å²) in [5.41, 5.74) is 0.604. The van der Waals surface area contributed by atoms with Gasteiger partial charge in [-0.2, -0.15) is 0 Å². The fourth-order valence-corrected chi connectivity index (χ4v) is 4.21. The second-order valence-electron chi connectivity index (χ2n) is 7.30. The van der Waals surface area contributed by atoms with Crippen molar-refractivity contribution in [1.29, 1.82) is 0 Å². The number of esters is 1. The summed E-state index contributed by atoms with van der Waals surface area (Å²) in [6, 6.07) is 7.98. The number of nitrogens with zero attached hydrogens (tertiary/aromatic N) is 1. The van der Waals surface area contributed by atoms with Crippen LogP contribution in [0.3, 0.4) is 0 Å². The Morgan fingerprint density at radius 1 is 1.08 bits per heavy atom. The minimum absolute atomic E-state index is 0.224. The molecule has 2 atom stereocenters. The second-order valence-corrected chi connectivity index (χ2v) is 7.30. The van der Waals surface area contributed by atoms with Gasteiger partial charge < -0.3 is 14.4 Å². The number of ether oxygens (including phenoxy) is 2. The van der Waals surface area contributed by atoms with E-state index in [1.54, 1.807) is 12.1 Å². The summed E-state index contributed by atoms with van der Waals surface area (Å²) in [6.45, 7) is 5.82. The molecule has 3 rings (SSSR count). The molecule has 1 aromatic rings. The number of hydrogen-bond donors (Lipinski definition) is 0. The van der Waals surface area contributed by atoms with Crippen LogP contribution in [0.4, 0.5) is 0 Å². The number of carbonyl (C=O) groups excluding carboxylic acids is 1. The van der Waals surface area contributed by atoms with Crippen molar-refractivity contribution in [3.8, 4) is 5.75 Å². The quantitative estimate of drug-likeness (QED) is 0.691. The first-order valence-electron chi connectivity index (χ1n) is 9.92. The van der Waals surface area contributed by atoms with Gasteiger partial charge in [-0.25, -0.2) is 4.79 Å². The van der Waals surface area contributed by atoms with Crippen molar-refractivity contribution in [2.75, 3.05) is 26.3 Å². The molecule has 138 valence electrons. The van der Waals surface area contributed by atoms with E-state index in [1.165, 1.54) is 45.2 Å². The van der Waals surface area contributed by atoms with E-state index in [0.29, 0.717) is 24.7 Å². The Morgan fingerprint density at radius 3 is 2.68 bits per heavy atom. The average molecular weight is 345 g/mol. The van der Waals surface area contributed by atoms with Crippen molar-refractivity contribution in [2.45, 2.75) is 57.9 Å². The number of piperidine rings is 2. The maximum atomic E-state index is 12.2. The lowest BCUT2D eigenvalue weighted by Crippen LogP contribution is -2.48. The van der Waals surface area contributed by atoms with Crippen molar-refractivity contribution in [3.63, 3.8) is 0 Å². The predicted molar refractivity (Wildman–Crippen MR) is 99.1 cm³/mol. The van der Waals surface area contributed by atoms with Gasteiger partial charge in [0, 0.05) is 6.04 Å². The third-order valence-electron chi connectivity index (χ3n) is 5.51. The van der Waals surface area contributed by atoms with Gasteiger partial charge in [-0.3, -0.25) is 0 Å². The van der Waals surface area contributed by atoms with Crippen LogP contribution in [0.2, 0.25) is 0 Å². The summed E-state index contributed by atoms with van der Waals surface area (Å²) < 4.78 is 11.1. The fraction of sp³-hybridized carbons (Fsp3) is 0.667. The first-order valence-corrected chi connectivity index (χ1v) is 9.92. The van der Waals surface area contributed by atoms with Crippen LogP contribution >= 0.6 is 0 Å². The van der Waals surface area contributed by atoms with E-state index >= 15 is 0 Å². The Morgan fingerprint density at radius 2 is 1.88 bits per heavy atom. The minimum atomic E-state index is -0.224. The molecule has 2 aliphatic rings. The van der Waals surface area contributed by atoms with E-state index < -0.39 is 0 Å². The molecule has 4 nitrogen and oxygen atoms in total. The predicted octanol–water partition coefficient (Wildman–Crippen LogP) is 4.29. The summed E-state index contributed by atoms with van der Waals surface area (Å²) in [5.74, 6) is 1.27. The van der Waals surface area contributed by atoms with Crippen LogP contribution in [-0.2, 0) is 4.74 Å². The average Bonchev–Trinajstić information content (AvgIpc) is 2.67. The minimum Gasteiger partial charge on any atom is -0.494 e. The third-order valence-corrected chi connectivity index (χ3v) is 5.51. The molecule has 2 saturated heterocycles. The fourth-order valence-electron chi connectivity index (χ4n) is 4.21. The summed E-state index contributed by atoms with van der Waals surface area (Å²) in [7, 11) is 0. The lowest BCUT2D eigenvalue weighted by molar-refractivity contribution is 0.0296. The number of carbonyl (C=O) groups is 1. The zero-order valence-corrected chi connectivity index (χ0v) is 15.4. The van der Waals surface area contributed by atoms with E-state index in [-0.39, 0.29) is 5.97 Å². The standard InChI is InChI=1S/C21H31NO3/c1-2-15-24-19-10-8-18(9-11-19)21(23)25-16-12-17-6-5-14-22-13-4-3-7-20(17)22/h8-11,17,20H,2-7,12-16H2,1H3.